The summed E-state index contributed by atoms with van der Waals surface area (Å²) < 4.78 is 16.7. The molecule has 0 radical (unpaired) electrons. The van der Waals surface area contributed by atoms with Crippen molar-refractivity contribution < 1.29 is 28.6 Å². The standard InChI is InChI=1S/C48H92N6O6/c1-9-11-13-15-17-20-24-28-32-36-43(55)58-40-42(60-45(57)38-34-30-26-21-18-16-14-12-10-2)41-59-44(56)37-33-29-25-22-19-23-27-31-35-39-54-47(52(5)6)49-46(51(3)4)50-48(54)53(7)8/h42,47H,9-41H2,1-8H3. The summed E-state index contributed by atoms with van der Waals surface area (Å²) in [6.07, 6.45) is 31.1. The van der Waals surface area contributed by atoms with E-state index in [1.165, 1.54) is 103 Å². The molecule has 2 atom stereocenters. The van der Waals surface area contributed by atoms with E-state index in [0.29, 0.717) is 19.3 Å². The van der Waals surface area contributed by atoms with E-state index in [4.69, 9.17) is 24.2 Å². The Kier molecular flexibility index (Phi) is 33.8. The molecule has 12 heteroatoms. The van der Waals surface area contributed by atoms with Crippen molar-refractivity contribution in [2.45, 2.75) is 219 Å². The van der Waals surface area contributed by atoms with Gasteiger partial charge in [0.25, 0.3) is 0 Å². The van der Waals surface area contributed by atoms with Crippen molar-refractivity contribution in [1.29, 1.82) is 0 Å². The number of aliphatic imine (C=N–C) groups is 2. The van der Waals surface area contributed by atoms with Crippen LogP contribution in [0.1, 0.15) is 206 Å². The van der Waals surface area contributed by atoms with Gasteiger partial charge in [-0.2, -0.15) is 4.99 Å². The Morgan fingerprint density at radius 2 is 0.883 bits per heavy atom. The molecule has 1 rings (SSSR count). The maximum atomic E-state index is 12.7. The monoisotopic (exact) mass is 849 g/mol. The highest BCUT2D eigenvalue weighted by molar-refractivity contribution is 5.96. The molecule has 1 aliphatic heterocycles. The molecule has 0 amide bonds. The number of nitrogens with zero attached hydrogens (tertiary/aromatic N) is 6. The second kappa shape index (κ2) is 36.7. The Hall–Kier alpha value is -2.89. The van der Waals surface area contributed by atoms with Gasteiger partial charge in [-0.15, -0.1) is 0 Å². The molecule has 0 aromatic carbocycles. The number of esters is 3. The van der Waals surface area contributed by atoms with Gasteiger partial charge >= 0.3 is 17.9 Å². The van der Waals surface area contributed by atoms with Crippen molar-refractivity contribution in [1.82, 2.24) is 19.6 Å². The predicted molar refractivity (Wildman–Crippen MR) is 248 cm³/mol. The average molecular weight is 849 g/mol. The minimum atomic E-state index is -0.783. The fourth-order valence-corrected chi connectivity index (χ4v) is 7.47. The van der Waals surface area contributed by atoms with Crippen LogP contribution in [0.15, 0.2) is 9.98 Å². The third kappa shape index (κ3) is 28.6. The van der Waals surface area contributed by atoms with E-state index >= 15 is 0 Å². The molecule has 0 saturated carbocycles. The largest absolute Gasteiger partial charge is 0.462 e. The average Bonchev–Trinajstić information content (AvgIpc) is 3.22. The number of unbranched alkanes of at least 4 members (excludes halogenated alkanes) is 24. The van der Waals surface area contributed by atoms with Gasteiger partial charge in [-0.1, -0.05) is 162 Å². The fraction of sp³-hybridized carbons (Fsp3) is 0.896. The number of hydrogen-bond donors (Lipinski definition) is 0. The summed E-state index contributed by atoms with van der Waals surface area (Å²) in [5.41, 5.74) is 0. The predicted octanol–water partition coefficient (Wildman–Crippen LogP) is 10.7. The van der Waals surface area contributed by atoms with Crippen LogP contribution in [0.4, 0.5) is 0 Å². The number of carbonyl (C=O) groups excluding carboxylic acids is 3. The normalized spacial score (nSPS) is 14.5. The van der Waals surface area contributed by atoms with Crippen LogP contribution in [0.25, 0.3) is 0 Å². The molecule has 0 saturated heterocycles. The Labute approximate surface area is 368 Å². The number of hydrogen-bond acceptors (Lipinski definition) is 12. The summed E-state index contributed by atoms with van der Waals surface area (Å²) >= 11 is 0. The number of rotatable bonds is 38. The fourth-order valence-electron chi connectivity index (χ4n) is 7.47. The summed E-state index contributed by atoms with van der Waals surface area (Å²) in [6, 6.07) is 0. The van der Waals surface area contributed by atoms with Crippen molar-refractivity contribution >= 4 is 29.8 Å². The lowest BCUT2D eigenvalue weighted by atomic mass is 10.1. The zero-order chi connectivity index (χ0) is 44.2. The van der Waals surface area contributed by atoms with Crippen molar-refractivity contribution in [3.63, 3.8) is 0 Å². The molecule has 0 aromatic heterocycles. The molecule has 0 fully saturated rings. The van der Waals surface area contributed by atoms with Crippen LogP contribution in [0, 0.1) is 0 Å². The molecule has 60 heavy (non-hydrogen) atoms. The summed E-state index contributed by atoms with van der Waals surface area (Å²) in [7, 11) is 12.2. The van der Waals surface area contributed by atoms with Crippen LogP contribution in [-0.2, 0) is 28.6 Å². The van der Waals surface area contributed by atoms with Gasteiger partial charge in [0.05, 0.1) is 0 Å². The first-order valence-corrected chi connectivity index (χ1v) is 24.4. The second-order valence-electron chi connectivity index (χ2n) is 17.7. The molecule has 350 valence electrons. The number of guanidine groups is 2. The molecule has 1 aliphatic rings. The van der Waals surface area contributed by atoms with E-state index < -0.39 is 6.10 Å². The first kappa shape index (κ1) is 55.1. The van der Waals surface area contributed by atoms with Gasteiger partial charge in [-0.05, 0) is 39.8 Å². The Bertz CT molecular complexity index is 1160. The van der Waals surface area contributed by atoms with E-state index in [1.54, 1.807) is 0 Å². The minimum absolute atomic E-state index is 0.0727. The van der Waals surface area contributed by atoms with Gasteiger partial charge in [-0.25, -0.2) is 4.99 Å². The lowest BCUT2D eigenvalue weighted by Crippen LogP contribution is -2.55. The Morgan fingerprint density at radius 1 is 0.517 bits per heavy atom. The molecule has 0 N–H and O–H groups in total. The Morgan fingerprint density at radius 3 is 1.25 bits per heavy atom. The van der Waals surface area contributed by atoms with Gasteiger partial charge in [0.1, 0.15) is 13.2 Å². The third-order valence-electron chi connectivity index (χ3n) is 11.1. The smallest absolute Gasteiger partial charge is 0.306 e. The maximum absolute atomic E-state index is 12.7. The van der Waals surface area contributed by atoms with E-state index in [9.17, 15) is 14.4 Å². The molecular formula is C48H92N6O6. The highest BCUT2D eigenvalue weighted by Crippen LogP contribution is 2.18. The lowest BCUT2D eigenvalue weighted by Gasteiger charge is -2.40. The zero-order valence-electron chi connectivity index (χ0n) is 40.1. The lowest BCUT2D eigenvalue weighted by molar-refractivity contribution is -0.167. The second-order valence-corrected chi connectivity index (χ2v) is 17.7. The van der Waals surface area contributed by atoms with E-state index in [1.807, 2.05) is 33.1 Å². The maximum Gasteiger partial charge on any atom is 0.306 e. The van der Waals surface area contributed by atoms with Gasteiger partial charge in [0.15, 0.2) is 12.4 Å². The Balaban J connectivity index is 2.34. The summed E-state index contributed by atoms with van der Waals surface area (Å²) in [5.74, 6) is 0.773. The minimum Gasteiger partial charge on any atom is -0.462 e. The first-order valence-electron chi connectivity index (χ1n) is 24.4. The molecule has 0 bridgehead atoms. The first-order chi connectivity index (χ1) is 29.0. The topological polar surface area (TPSA) is 117 Å². The van der Waals surface area contributed by atoms with E-state index in [0.717, 1.165) is 89.1 Å². The summed E-state index contributed by atoms with van der Waals surface area (Å²) in [5, 5.41) is 0. The van der Waals surface area contributed by atoms with Crippen molar-refractivity contribution in [3.05, 3.63) is 0 Å². The van der Waals surface area contributed by atoms with Crippen LogP contribution < -0.4 is 0 Å². The van der Waals surface area contributed by atoms with Gasteiger partial charge in [0.2, 0.25) is 11.9 Å². The zero-order valence-corrected chi connectivity index (χ0v) is 40.1. The quantitative estimate of drug-likeness (QED) is 0.0338. The van der Waals surface area contributed by atoms with Gasteiger partial charge in [0, 0.05) is 54.0 Å². The molecular weight excluding hydrogens is 757 g/mol. The van der Waals surface area contributed by atoms with Crippen LogP contribution in [-0.4, -0.2) is 124 Å². The molecule has 1 heterocycles. The number of carbonyl (C=O) groups is 3. The van der Waals surface area contributed by atoms with Crippen LogP contribution in [0.2, 0.25) is 0 Å². The molecule has 0 aromatic rings. The molecule has 12 nitrogen and oxygen atoms in total. The van der Waals surface area contributed by atoms with Crippen molar-refractivity contribution in [2.24, 2.45) is 9.98 Å². The van der Waals surface area contributed by atoms with E-state index in [2.05, 4.69) is 42.6 Å². The molecule has 0 aliphatic carbocycles. The van der Waals surface area contributed by atoms with Crippen LogP contribution in [0.3, 0.4) is 0 Å². The highest BCUT2D eigenvalue weighted by Gasteiger charge is 2.29. The van der Waals surface area contributed by atoms with Crippen LogP contribution in [0.5, 0.6) is 0 Å². The van der Waals surface area contributed by atoms with E-state index in [-0.39, 0.29) is 37.4 Å². The SMILES string of the molecule is CCCCCCCCCCCC(=O)OCC(COC(=O)CCCCCCCCCCCN1C(N(C)C)=NC(N(C)C)=NC1N(C)C)OC(=O)CCCCCCCCCCC. The number of ether oxygens (including phenoxy) is 3. The summed E-state index contributed by atoms with van der Waals surface area (Å²) in [6.45, 7) is 5.20. The van der Waals surface area contributed by atoms with Crippen LogP contribution >= 0.6 is 0 Å². The third-order valence-corrected chi connectivity index (χ3v) is 11.1. The highest BCUT2D eigenvalue weighted by atomic mass is 16.6. The van der Waals surface area contributed by atoms with Gasteiger partial charge in [-0.3, -0.25) is 19.3 Å². The van der Waals surface area contributed by atoms with Crippen molar-refractivity contribution in [3.8, 4) is 0 Å². The molecule has 0 spiro atoms. The summed E-state index contributed by atoms with van der Waals surface area (Å²) in [4.78, 5) is 56.0. The van der Waals surface area contributed by atoms with Crippen molar-refractivity contribution in [2.75, 3.05) is 62.0 Å². The van der Waals surface area contributed by atoms with Gasteiger partial charge < -0.3 is 28.9 Å². The molecule has 2 unspecified atom stereocenters.